The molecule has 1 amide bonds. The zero-order chi connectivity index (χ0) is 17.9. The molecule has 0 N–H and O–H groups in total. The Morgan fingerprint density at radius 3 is 2.33 bits per heavy atom. The first-order valence-corrected chi connectivity index (χ1v) is 9.84. The van der Waals surface area contributed by atoms with Crippen LogP contribution in [0.3, 0.4) is 0 Å². The lowest BCUT2D eigenvalue weighted by Crippen LogP contribution is -2.29. The van der Waals surface area contributed by atoms with Crippen molar-refractivity contribution in [2.24, 2.45) is 0 Å². The second-order valence-electron chi connectivity index (χ2n) is 6.27. The molecule has 0 bridgehead atoms. The SMILES string of the molecule is Cc1ccc(C(C)N(C)C(=O)c2cccc(CS(C)(=O)=O)c2)cc1. The third-order valence-corrected chi connectivity index (χ3v) is 4.92. The van der Waals surface area contributed by atoms with Crippen LogP contribution in [0.4, 0.5) is 0 Å². The lowest BCUT2D eigenvalue weighted by Gasteiger charge is -2.25. The van der Waals surface area contributed by atoms with Gasteiger partial charge in [0.25, 0.3) is 5.91 Å². The van der Waals surface area contributed by atoms with Crippen LogP contribution in [-0.2, 0) is 15.6 Å². The van der Waals surface area contributed by atoms with E-state index in [0.29, 0.717) is 11.1 Å². The molecule has 1 unspecified atom stereocenters. The van der Waals surface area contributed by atoms with Gasteiger partial charge in [-0.3, -0.25) is 4.79 Å². The van der Waals surface area contributed by atoms with Gasteiger partial charge < -0.3 is 4.90 Å². The number of nitrogens with zero attached hydrogens (tertiary/aromatic N) is 1. The summed E-state index contributed by atoms with van der Waals surface area (Å²) in [6.07, 6.45) is 1.19. The smallest absolute Gasteiger partial charge is 0.254 e. The van der Waals surface area contributed by atoms with Gasteiger partial charge in [0.2, 0.25) is 0 Å². The lowest BCUT2D eigenvalue weighted by atomic mass is 10.0. The first kappa shape index (κ1) is 18.2. The highest BCUT2D eigenvalue weighted by Gasteiger charge is 2.19. The van der Waals surface area contributed by atoms with E-state index in [4.69, 9.17) is 0 Å². The molecule has 128 valence electrons. The molecule has 4 nitrogen and oxygen atoms in total. The van der Waals surface area contributed by atoms with Gasteiger partial charge in [0.1, 0.15) is 0 Å². The van der Waals surface area contributed by atoms with Crippen LogP contribution >= 0.6 is 0 Å². The van der Waals surface area contributed by atoms with E-state index in [0.717, 1.165) is 5.56 Å². The van der Waals surface area contributed by atoms with Crippen LogP contribution in [0.2, 0.25) is 0 Å². The Kier molecular flexibility index (Phi) is 5.44. The second kappa shape index (κ2) is 7.18. The van der Waals surface area contributed by atoms with Gasteiger partial charge in [-0.1, -0.05) is 42.0 Å². The third-order valence-electron chi connectivity index (χ3n) is 4.06. The van der Waals surface area contributed by atoms with Crippen LogP contribution in [0.5, 0.6) is 0 Å². The van der Waals surface area contributed by atoms with Gasteiger partial charge in [-0.2, -0.15) is 0 Å². The van der Waals surface area contributed by atoms with Crippen molar-refractivity contribution < 1.29 is 13.2 Å². The van der Waals surface area contributed by atoms with Gasteiger partial charge >= 0.3 is 0 Å². The predicted molar refractivity (Wildman–Crippen MR) is 96.7 cm³/mol. The Balaban J connectivity index is 2.21. The molecule has 0 aliphatic heterocycles. The second-order valence-corrected chi connectivity index (χ2v) is 8.41. The number of hydrogen-bond donors (Lipinski definition) is 0. The molecule has 0 aliphatic rings. The third kappa shape index (κ3) is 4.68. The zero-order valence-electron chi connectivity index (χ0n) is 14.5. The lowest BCUT2D eigenvalue weighted by molar-refractivity contribution is 0.0742. The molecule has 24 heavy (non-hydrogen) atoms. The standard InChI is InChI=1S/C19H23NO3S/c1-14-8-10-17(11-9-14)15(2)20(3)19(21)18-7-5-6-16(12-18)13-24(4,22)23/h5-12,15H,13H2,1-4H3. The van der Waals surface area contributed by atoms with Crippen LogP contribution < -0.4 is 0 Å². The fraction of sp³-hybridized carbons (Fsp3) is 0.316. The van der Waals surface area contributed by atoms with Gasteiger partial charge in [-0.05, 0) is 37.1 Å². The molecule has 0 saturated carbocycles. The van der Waals surface area contributed by atoms with E-state index in [1.165, 1.54) is 11.8 Å². The molecule has 0 aromatic heterocycles. The molecular weight excluding hydrogens is 322 g/mol. The molecular formula is C19H23NO3S. The van der Waals surface area contributed by atoms with Crippen LogP contribution in [-0.4, -0.2) is 32.5 Å². The Morgan fingerprint density at radius 2 is 1.75 bits per heavy atom. The number of carbonyl (C=O) groups excluding carboxylic acids is 1. The molecule has 0 aliphatic carbocycles. The van der Waals surface area contributed by atoms with E-state index in [9.17, 15) is 13.2 Å². The van der Waals surface area contributed by atoms with Gasteiger partial charge in [-0.15, -0.1) is 0 Å². The van der Waals surface area contributed by atoms with Crippen molar-refractivity contribution in [2.45, 2.75) is 25.6 Å². The van der Waals surface area contributed by atoms with Crippen molar-refractivity contribution in [3.8, 4) is 0 Å². The number of amides is 1. The normalized spacial score (nSPS) is 12.7. The molecule has 2 rings (SSSR count). The number of benzene rings is 2. The predicted octanol–water partition coefficient (Wildman–Crippen LogP) is 3.37. The summed E-state index contributed by atoms with van der Waals surface area (Å²) in [6, 6.07) is 14.8. The Hall–Kier alpha value is -2.14. The first-order valence-electron chi connectivity index (χ1n) is 7.78. The molecule has 0 saturated heterocycles. The Labute approximate surface area is 144 Å². The molecule has 5 heteroatoms. The highest BCUT2D eigenvalue weighted by molar-refractivity contribution is 7.89. The minimum atomic E-state index is -3.13. The van der Waals surface area contributed by atoms with Crippen LogP contribution in [0.1, 0.15) is 40.0 Å². The Bertz CT molecular complexity index is 826. The van der Waals surface area contributed by atoms with Crippen molar-refractivity contribution >= 4 is 15.7 Å². The fourth-order valence-electron chi connectivity index (χ4n) is 2.54. The summed E-state index contributed by atoms with van der Waals surface area (Å²) in [6.45, 7) is 4.00. The van der Waals surface area contributed by atoms with E-state index in [-0.39, 0.29) is 17.7 Å². The number of aryl methyl sites for hydroxylation is 1. The van der Waals surface area contributed by atoms with Gasteiger partial charge in [-0.25, -0.2) is 8.42 Å². The minimum Gasteiger partial charge on any atom is -0.335 e. The number of sulfone groups is 1. The molecule has 2 aromatic carbocycles. The molecule has 2 aromatic rings. The minimum absolute atomic E-state index is 0.0641. The van der Waals surface area contributed by atoms with E-state index < -0.39 is 9.84 Å². The summed E-state index contributed by atoms with van der Waals surface area (Å²) in [5.41, 5.74) is 3.36. The summed E-state index contributed by atoms with van der Waals surface area (Å²) in [7, 11) is -1.37. The van der Waals surface area contributed by atoms with Crippen molar-refractivity contribution in [2.75, 3.05) is 13.3 Å². The zero-order valence-corrected chi connectivity index (χ0v) is 15.3. The van der Waals surface area contributed by atoms with Gasteiger partial charge in [0.15, 0.2) is 9.84 Å². The van der Waals surface area contributed by atoms with E-state index >= 15 is 0 Å². The van der Waals surface area contributed by atoms with Crippen molar-refractivity contribution in [1.82, 2.24) is 4.90 Å². The van der Waals surface area contributed by atoms with Gasteiger partial charge in [0, 0.05) is 18.9 Å². The van der Waals surface area contributed by atoms with Crippen molar-refractivity contribution in [3.63, 3.8) is 0 Å². The average molecular weight is 345 g/mol. The monoisotopic (exact) mass is 345 g/mol. The maximum atomic E-state index is 12.7. The fourth-order valence-corrected chi connectivity index (χ4v) is 3.33. The Morgan fingerprint density at radius 1 is 1.12 bits per heavy atom. The summed E-state index contributed by atoms with van der Waals surface area (Å²) >= 11 is 0. The number of rotatable bonds is 5. The first-order chi connectivity index (χ1) is 11.2. The average Bonchev–Trinajstić information content (AvgIpc) is 2.52. The largest absolute Gasteiger partial charge is 0.335 e. The maximum Gasteiger partial charge on any atom is 0.254 e. The summed E-state index contributed by atoms with van der Waals surface area (Å²) in [5, 5.41) is 0. The van der Waals surface area contributed by atoms with Crippen molar-refractivity contribution in [1.29, 1.82) is 0 Å². The highest BCUT2D eigenvalue weighted by atomic mass is 32.2. The molecule has 1 atom stereocenters. The van der Waals surface area contributed by atoms with Crippen molar-refractivity contribution in [3.05, 3.63) is 70.8 Å². The number of carbonyl (C=O) groups is 1. The van der Waals surface area contributed by atoms with Crippen LogP contribution in [0.15, 0.2) is 48.5 Å². The summed E-state index contributed by atoms with van der Waals surface area (Å²) in [4.78, 5) is 14.4. The highest BCUT2D eigenvalue weighted by Crippen LogP contribution is 2.21. The molecule has 0 heterocycles. The van der Waals surface area contributed by atoms with E-state index in [1.807, 2.05) is 38.1 Å². The summed E-state index contributed by atoms with van der Waals surface area (Å²) in [5.74, 6) is -0.191. The van der Waals surface area contributed by atoms with E-state index in [1.54, 1.807) is 36.2 Å². The summed E-state index contributed by atoms with van der Waals surface area (Å²) < 4.78 is 22.9. The number of hydrogen-bond acceptors (Lipinski definition) is 3. The van der Waals surface area contributed by atoms with Crippen LogP contribution in [0, 0.1) is 6.92 Å². The van der Waals surface area contributed by atoms with Crippen LogP contribution in [0.25, 0.3) is 0 Å². The molecule has 0 spiro atoms. The quantitative estimate of drug-likeness (QED) is 0.835. The van der Waals surface area contributed by atoms with Gasteiger partial charge in [0.05, 0.1) is 11.8 Å². The van der Waals surface area contributed by atoms with E-state index in [2.05, 4.69) is 0 Å². The maximum absolute atomic E-state index is 12.7. The molecule has 0 radical (unpaired) electrons. The molecule has 0 fully saturated rings. The topological polar surface area (TPSA) is 54.5 Å².